The van der Waals surface area contributed by atoms with Crippen LogP contribution in [0.1, 0.15) is 11.1 Å². The predicted octanol–water partition coefficient (Wildman–Crippen LogP) is 4.89. The van der Waals surface area contributed by atoms with Crippen molar-refractivity contribution in [2.45, 2.75) is 6.54 Å². The molecule has 4 rings (SSSR count). The van der Waals surface area contributed by atoms with Crippen molar-refractivity contribution in [3.63, 3.8) is 0 Å². The lowest BCUT2D eigenvalue weighted by molar-refractivity contribution is -0.137. The van der Waals surface area contributed by atoms with E-state index in [1.807, 2.05) is 0 Å². The van der Waals surface area contributed by atoms with E-state index in [1.165, 1.54) is 38.5 Å². The number of halogens is 2. The Balaban J connectivity index is 1.75. The summed E-state index contributed by atoms with van der Waals surface area (Å²) in [7, 11) is 3.02. The van der Waals surface area contributed by atoms with Gasteiger partial charge in [0, 0.05) is 11.1 Å². The van der Waals surface area contributed by atoms with Crippen molar-refractivity contribution in [3.8, 4) is 11.5 Å². The molecular weight excluding hydrogens is 447 g/mol. The van der Waals surface area contributed by atoms with Gasteiger partial charge in [0.2, 0.25) is 0 Å². The second-order valence-electron chi connectivity index (χ2n) is 7.27. The number of methoxy groups -OCH3 is 2. The Labute approximate surface area is 195 Å². The molecule has 0 unspecified atom stereocenters. The van der Waals surface area contributed by atoms with Gasteiger partial charge in [-0.15, -0.1) is 0 Å². The quantitative estimate of drug-likeness (QED) is 0.502. The summed E-state index contributed by atoms with van der Waals surface area (Å²) in [5, 5.41) is 3.60. The lowest BCUT2D eigenvalue weighted by Crippen LogP contribution is -2.32. The monoisotopic (exact) mass is 466 g/mol. The Morgan fingerprint density at radius 3 is 2.24 bits per heavy atom. The molecule has 168 valence electrons. The van der Waals surface area contributed by atoms with Gasteiger partial charge in [0.05, 0.1) is 32.0 Å². The number of hydrogen-bond acceptors (Lipinski definition) is 5. The maximum atomic E-state index is 13.5. The summed E-state index contributed by atoms with van der Waals surface area (Å²) in [6.45, 7) is 0.0600. The predicted molar refractivity (Wildman–Crippen MR) is 123 cm³/mol. The van der Waals surface area contributed by atoms with Gasteiger partial charge in [-0.05, 0) is 47.5 Å². The molecule has 33 heavy (non-hydrogen) atoms. The minimum atomic E-state index is -0.507. The number of carbonyl (C=O) groups excluding carboxylic acids is 2. The molecule has 1 aliphatic rings. The van der Waals surface area contributed by atoms with Gasteiger partial charge in [0.25, 0.3) is 11.8 Å². The largest absolute Gasteiger partial charge is 0.497 e. The Hall–Kier alpha value is -3.84. The number of nitrogens with one attached hydrogen (secondary N) is 1. The molecule has 0 fully saturated rings. The summed E-state index contributed by atoms with van der Waals surface area (Å²) in [4.78, 5) is 27.9. The van der Waals surface area contributed by atoms with Crippen LogP contribution in [0, 0.1) is 5.82 Å². The lowest BCUT2D eigenvalue weighted by Gasteiger charge is -2.16. The van der Waals surface area contributed by atoms with Crippen LogP contribution in [0.2, 0.25) is 5.02 Å². The molecule has 0 saturated heterocycles. The number of ether oxygens (including phenoxy) is 2. The smallest absolute Gasteiger partial charge is 0.278 e. The molecule has 1 N–H and O–H groups in total. The Morgan fingerprint density at radius 2 is 1.61 bits per heavy atom. The summed E-state index contributed by atoms with van der Waals surface area (Å²) in [6, 6.07) is 17.4. The second-order valence-corrected chi connectivity index (χ2v) is 7.71. The summed E-state index contributed by atoms with van der Waals surface area (Å²) >= 11 is 5.95. The Kier molecular flexibility index (Phi) is 6.33. The fourth-order valence-corrected chi connectivity index (χ4v) is 3.65. The molecule has 0 atom stereocenters. The van der Waals surface area contributed by atoms with Crippen LogP contribution in [0.4, 0.5) is 10.1 Å². The van der Waals surface area contributed by atoms with Crippen LogP contribution in [-0.4, -0.2) is 30.9 Å². The van der Waals surface area contributed by atoms with Crippen LogP contribution in [0.5, 0.6) is 11.5 Å². The fraction of sp³-hybridized carbons (Fsp3) is 0.120. The van der Waals surface area contributed by atoms with Crippen LogP contribution in [-0.2, 0) is 16.1 Å². The highest BCUT2D eigenvalue weighted by Gasteiger charge is 2.39. The second kappa shape index (κ2) is 9.34. The van der Waals surface area contributed by atoms with Gasteiger partial charge in [0.1, 0.15) is 23.0 Å². The molecule has 8 heteroatoms. The van der Waals surface area contributed by atoms with E-state index in [0.717, 1.165) is 10.5 Å². The van der Waals surface area contributed by atoms with Crippen molar-refractivity contribution in [1.29, 1.82) is 0 Å². The number of hydrogen-bond donors (Lipinski definition) is 1. The van der Waals surface area contributed by atoms with E-state index in [-0.39, 0.29) is 17.8 Å². The highest BCUT2D eigenvalue weighted by Crippen LogP contribution is 2.35. The van der Waals surface area contributed by atoms with Crippen LogP contribution >= 0.6 is 11.6 Å². The molecular formula is C25H20ClFN2O4. The fourth-order valence-electron chi connectivity index (χ4n) is 3.53. The van der Waals surface area contributed by atoms with Crippen molar-refractivity contribution in [2.75, 3.05) is 19.5 Å². The van der Waals surface area contributed by atoms with E-state index in [2.05, 4.69) is 5.32 Å². The number of amides is 2. The van der Waals surface area contributed by atoms with Gasteiger partial charge in [-0.25, -0.2) is 4.39 Å². The van der Waals surface area contributed by atoms with Crippen molar-refractivity contribution in [2.24, 2.45) is 0 Å². The van der Waals surface area contributed by atoms with Gasteiger partial charge in [0.15, 0.2) is 0 Å². The van der Waals surface area contributed by atoms with Crippen LogP contribution in [0.3, 0.4) is 0 Å². The highest BCUT2D eigenvalue weighted by molar-refractivity contribution is 6.36. The van der Waals surface area contributed by atoms with Crippen molar-refractivity contribution in [3.05, 3.63) is 94.4 Å². The number of anilines is 1. The molecule has 0 aromatic heterocycles. The molecule has 6 nitrogen and oxygen atoms in total. The normalized spacial score (nSPS) is 13.5. The summed E-state index contributed by atoms with van der Waals surface area (Å²) < 4.78 is 24.2. The minimum Gasteiger partial charge on any atom is -0.497 e. The maximum absolute atomic E-state index is 13.5. The zero-order chi connectivity index (χ0) is 23.5. The highest BCUT2D eigenvalue weighted by atomic mass is 35.5. The number of carbonyl (C=O) groups is 2. The topological polar surface area (TPSA) is 67.9 Å². The Bertz CT molecular complexity index is 1240. The number of nitrogens with zero attached hydrogens (tertiary/aromatic N) is 1. The number of benzene rings is 3. The van der Waals surface area contributed by atoms with E-state index >= 15 is 0 Å². The minimum absolute atomic E-state index is 0.0600. The van der Waals surface area contributed by atoms with Crippen molar-refractivity contribution < 1.29 is 23.5 Å². The maximum Gasteiger partial charge on any atom is 0.278 e. The third kappa shape index (κ3) is 4.54. The molecule has 3 aromatic rings. The third-order valence-electron chi connectivity index (χ3n) is 5.22. The molecule has 0 aliphatic carbocycles. The van der Waals surface area contributed by atoms with E-state index in [9.17, 15) is 14.0 Å². The first-order valence-corrected chi connectivity index (χ1v) is 10.4. The van der Waals surface area contributed by atoms with Gasteiger partial charge in [-0.1, -0.05) is 35.9 Å². The Morgan fingerprint density at radius 1 is 0.909 bits per heavy atom. The average molecular weight is 467 g/mol. The molecule has 0 spiro atoms. The van der Waals surface area contributed by atoms with Gasteiger partial charge < -0.3 is 14.8 Å². The van der Waals surface area contributed by atoms with E-state index in [1.54, 1.807) is 42.5 Å². The summed E-state index contributed by atoms with van der Waals surface area (Å²) in [5.41, 5.74) is 1.85. The van der Waals surface area contributed by atoms with Crippen LogP contribution in [0.15, 0.2) is 72.4 Å². The first-order chi connectivity index (χ1) is 15.9. The van der Waals surface area contributed by atoms with E-state index in [0.29, 0.717) is 27.8 Å². The molecule has 0 bridgehead atoms. The average Bonchev–Trinajstić information content (AvgIpc) is 3.05. The molecule has 0 radical (unpaired) electrons. The van der Waals surface area contributed by atoms with Gasteiger partial charge in [-0.3, -0.25) is 14.5 Å². The van der Waals surface area contributed by atoms with Crippen LogP contribution < -0.4 is 14.8 Å². The SMILES string of the molecule is COc1ccc(NC2=C(c3ccc(F)cc3)C(=O)N(Cc3ccc(Cl)cc3)C2=O)c(OC)c1. The van der Waals surface area contributed by atoms with E-state index < -0.39 is 17.6 Å². The first kappa shape index (κ1) is 22.4. The molecule has 1 aliphatic heterocycles. The zero-order valence-corrected chi connectivity index (χ0v) is 18.7. The first-order valence-electron chi connectivity index (χ1n) is 10.0. The van der Waals surface area contributed by atoms with Crippen molar-refractivity contribution in [1.82, 2.24) is 4.90 Å². The lowest BCUT2D eigenvalue weighted by atomic mass is 10.0. The third-order valence-corrected chi connectivity index (χ3v) is 5.48. The van der Waals surface area contributed by atoms with Crippen LogP contribution in [0.25, 0.3) is 5.57 Å². The van der Waals surface area contributed by atoms with E-state index in [4.69, 9.17) is 21.1 Å². The zero-order valence-electron chi connectivity index (χ0n) is 17.9. The number of imide groups is 1. The van der Waals surface area contributed by atoms with Crippen molar-refractivity contribution >= 4 is 34.7 Å². The molecule has 3 aromatic carbocycles. The number of rotatable bonds is 7. The molecule has 2 amide bonds. The summed E-state index contributed by atoms with van der Waals surface area (Å²) in [6.07, 6.45) is 0. The van der Waals surface area contributed by atoms with Gasteiger partial charge in [-0.2, -0.15) is 0 Å². The summed E-state index contributed by atoms with van der Waals surface area (Å²) in [5.74, 6) is -0.441. The van der Waals surface area contributed by atoms with Gasteiger partial charge >= 0.3 is 0 Å². The molecule has 1 heterocycles. The molecule has 0 saturated carbocycles. The standard InChI is InChI=1S/C25H20ClFN2O4/c1-32-19-11-12-20(21(13-19)33-2)28-23-22(16-5-9-18(27)10-6-16)24(30)29(25(23)31)14-15-3-7-17(26)8-4-15/h3-13,28H,14H2,1-2H3.